The van der Waals surface area contributed by atoms with E-state index >= 15 is 0 Å². The molecule has 0 heterocycles. The molecule has 1 N–H and O–H groups in total. The molecule has 1 aromatic rings. The summed E-state index contributed by atoms with van der Waals surface area (Å²) in [4.78, 5) is 34.9. The smallest absolute Gasteiger partial charge is 0.413 e. The molecule has 1 rings (SSSR count). The number of carbonyl (C=O) groups excluding carboxylic acids is 3. The van der Waals surface area contributed by atoms with Crippen molar-refractivity contribution in [1.82, 2.24) is 5.32 Å². The van der Waals surface area contributed by atoms with E-state index in [-0.39, 0.29) is 22.4 Å². The topological polar surface area (TPSA) is 100 Å². The Morgan fingerprint density at radius 1 is 1.12 bits per heavy atom. The first-order chi connectivity index (χ1) is 11.7. The molecule has 0 spiro atoms. The Hall–Kier alpha value is -2.48. The monoisotopic (exact) mass is 373 g/mol. The second-order valence-electron chi connectivity index (χ2n) is 5.18. The summed E-state index contributed by atoms with van der Waals surface area (Å²) < 4.78 is 20.0. The lowest BCUT2D eigenvalue weighted by Crippen LogP contribution is -2.39. The molecule has 9 heteroatoms. The zero-order chi connectivity index (χ0) is 19.1. The number of nitrogens with one attached hydrogen (secondary N) is 1. The Morgan fingerprint density at radius 2 is 1.76 bits per heavy atom. The highest BCUT2D eigenvalue weighted by Crippen LogP contribution is 2.37. The lowest BCUT2D eigenvalue weighted by Gasteiger charge is -2.17. The van der Waals surface area contributed by atoms with Crippen LogP contribution in [-0.2, 0) is 14.3 Å². The Morgan fingerprint density at radius 3 is 2.28 bits per heavy atom. The number of hydrogen-bond acceptors (Lipinski definition) is 7. The van der Waals surface area contributed by atoms with Gasteiger partial charge in [0, 0.05) is 0 Å². The van der Waals surface area contributed by atoms with E-state index in [9.17, 15) is 14.4 Å². The Balaban J connectivity index is 2.93. The molecule has 0 aliphatic carbocycles. The SMILES string of the molecule is COC(=O)NC(=O)[C@@H](C)OC(=O)c1cc(Cl)c(OC(C)C)c(OC)c1. The van der Waals surface area contributed by atoms with Crippen molar-refractivity contribution in [1.29, 1.82) is 0 Å². The second kappa shape index (κ2) is 9.12. The summed E-state index contributed by atoms with van der Waals surface area (Å²) in [5, 5.41) is 2.06. The maximum atomic E-state index is 12.2. The molecule has 1 aromatic carbocycles. The fourth-order valence-electron chi connectivity index (χ4n) is 1.72. The van der Waals surface area contributed by atoms with Crippen LogP contribution in [0.2, 0.25) is 5.02 Å². The fraction of sp³-hybridized carbons (Fsp3) is 0.438. The summed E-state index contributed by atoms with van der Waals surface area (Å²) >= 11 is 6.13. The van der Waals surface area contributed by atoms with E-state index in [0.717, 1.165) is 7.11 Å². The molecular weight excluding hydrogens is 354 g/mol. The van der Waals surface area contributed by atoms with Crippen LogP contribution in [0, 0.1) is 0 Å². The lowest BCUT2D eigenvalue weighted by molar-refractivity contribution is -0.128. The summed E-state index contributed by atoms with van der Waals surface area (Å²) in [6.45, 7) is 4.95. The molecule has 8 nitrogen and oxygen atoms in total. The highest BCUT2D eigenvalue weighted by molar-refractivity contribution is 6.32. The van der Waals surface area contributed by atoms with Gasteiger partial charge in [-0.3, -0.25) is 10.1 Å². The first kappa shape index (κ1) is 20.6. The number of benzene rings is 1. The molecule has 138 valence electrons. The van der Waals surface area contributed by atoms with Gasteiger partial charge in [-0.1, -0.05) is 11.6 Å². The maximum Gasteiger partial charge on any atom is 0.413 e. The molecular formula is C16H20ClNO7. The molecule has 0 aliphatic heterocycles. The van der Waals surface area contributed by atoms with Gasteiger partial charge in [0.2, 0.25) is 0 Å². The van der Waals surface area contributed by atoms with Gasteiger partial charge in [0.05, 0.1) is 30.9 Å². The molecule has 2 amide bonds. The third-order valence-electron chi connectivity index (χ3n) is 2.88. The Labute approximate surface area is 150 Å². The standard InChI is InChI=1S/C16H20ClNO7/c1-8(2)24-13-11(17)6-10(7-12(13)22-4)15(20)25-9(3)14(19)18-16(21)23-5/h6-9H,1-5H3,(H,18,19,21)/t9-/m1/s1. The van der Waals surface area contributed by atoms with Crippen molar-refractivity contribution in [3.63, 3.8) is 0 Å². The number of methoxy groups -OCH3 is 2. The normalized spacial score (nSPS) is 11.5. The van der Waals surface area contributed by atoms with Crippen LogP contribution in [0.3, 0.4) is 0 Å². The van der Waals surface area contributed by atoms with Crippen molar-refractivity contribution < 1.29 is 33.3 Å². The summed E-state index contributed by atoms with van der Waals surface area (Å²) in [7, 11) is 2.51. The largest absolute Gasteiger partial charge is 0.493 e. The van der Waals surface area contributed by atoms with E-state index in [4.69, 9.17) is 25.8 Å². The Bertz CT molecular complexity index is 660. The number of halogens is 1. The van der Waals surface area contributed by atoms with Crippen LogP contribution >= 0.6 is 11.6 Å². The van der Waals surface area contributed by atoms with Crippen molar-refractivity contribution in [2.75, 3.05) is 14.2 Å². The van der Waals surface area contributed by atoms with Crippen LogP contribution in [0.15, 0.2) is 12.1 Å². The number of hydrogen-bond donors (Lipinski definition) is 1. The second-order valence-corrected chi connectivity index (χ2v) is 5.59. The van der Waals surface area contributed by atoms with Crippen LogP contribution in [0.4, 0.5) is 4.79 Å². The first-order valence-corrected chi connectivity index (χ1v) is 7.71. The van der Waals surface area contributed by atoms with E-state index in [1.165, 1.54) is 26.2 Å². The molecule has 1 atom stereocenters. The Kier molecular flexibility index (Phi) is 7.50. The van der Waals surface area contributed by atoms with E-state index < -0.39 is 24.1 Å². The minimum Gasteiger partial charge on any atom is -0.493 e. The first-order valence-electron chi connectivity index (χ1n) is 7.33. The van der Waals surface area contributed by atoms with E-state index in [1.807, 2.05) is 19.2 Å². The van der Waals surface area contributed by atoms with Crippen LogP contribution in [-0.4, -0.2) is 44.4 Å². The van der Waals surface area contributed by atoms with E-state index in [0.29, 0.717) is 5.75 Å². The number of amides is 2. The molecule has 0 bridgehead atoms. The molecule has 0 aliphatic rings. The summed E-state index contributed by atoms with van der Waals surface area (Å²) in [5.74, 6) is -1.09. The number of alkyl carbamates (subject to hydrolysis) is 1. The summed E-state index contributed by atoms with van der Waals surface area (Å²) in [5.41, 5.74) is 0.0654. The highest BCUT2D eigenvalue weighted by atomic mass is 35.5. The average Bonchev–Trinajstić information content (AvgIpc) is 2.55. The van der Waals surface area contributed by atoms with E-state index in [2.05, 4.69) is 4.74 Å². The van der Waals surface area contributed by atoms with Crippen molar-refractivity contribution in [2.45, 2.75) is 33.0 Å². The quantitative estimate of drug-likeness (QED) is 0.765. The van der Waals surface area contributed by atoms with Gasteiger partial charge in [0.25, 0.3) is 5.91 Å². The van der Waals surface area contributed by atoms with Gasteiger partial charge in [0.1, 0.15) is 0 Å². The zero-order valence-corrected chi connectivity index (χ0v) is 15.3. The van der Waals surface area contributed by atoms with E-state index in [1.54, 1.807) is 0 Å². The van der Waals surface area contributed by atoms with Gasteiger partial charge >= 0.3 is 12.1 Å². The van der Waals surface area contributed by atoms with Gasteiger partial charge in [-0.05, 0) is 32.9 Å². The predicted molar refractivity (Wildman–Crippen MR) is 89.2 cm³/mol. The zero-order valence-electron chi connectivity index (χ0n) is 14.5. The minimum absolute atomic E-state index is 0.0654. The maximum absolute atomic E-state index is 12.2. The lowest BCUT2D eigenvalue weighted by atomic mass is 10.2. The number of carbonyl (C=O) groups is 3. The minimum atomic E-state index is -1.22. The number of esters is 1. The van der Waals surface area contributed by atoms with Crippen LogP contribution < -0.4 is 14.8 Å². The summed E-state index contributed by atoms with van der Waals surface area (Å²) in [6.07, 6.45) is -2.32. The van der Waals surface area contributed by atoms with Crippen molar-refractivity contribution in [3.05, 3.63) is 22.7 Å². The van der Waals surface area contributed by atoms with Crippen LogP contribution in [0.25, 0.3) is 0 Å². The molecule has 0 saturated heterocycles. The molecule has 0 saturated carbocycles. The fourth-order valence-corrected chi connectivity index (χ4v) is 1.98. The molecule has 0 radical (unpaired) electrons. The van der Waals surface area contributed by atoms with Gasteiger partial charge in [-0.15, -0.1) is 0 Å². The van der Waals surface area contributed by atoms with Crippen molar-refractivity contribution in [2.24, 2.45) is 0 Å². The van der Waals surface area contributed by atoms with Gasteiger partial charge in [0.15, 0.2) is 17.6 Å². The number of rotatable bonds is 6. The predicted octanol–water partition coefficient (Wildman–Crippen LogP) is 2.56. The molecule has 0 unspecified atom stereocenters. The van der Waals surface area contributed by atoms with Gasteiger partial charge < -0.3 is 18.9 Å². The molecule has 25 heavy (non-hydrogen) atoms. The highest BCUT2D eigenvalue weighted by Gasteiger charge is 2.23. The van der Waals surface area contributed by atoms with Crippen molar-refractivity contribution in [3.8, 4) is 11.5 Å². The summed E-state index contributed by atoms with van der Waals surface area (Å²) in [6, 6.07) is 2.73. The number of ether oxygens (including phenoxy) is 4. The van der Waals surface area contributed by atoms with Gasteiger partial charge in [-0.2, -0.15) is 0 Å². The van der Waals surface area contributed by atoms with Crippen LogP contribution in [0.5, 0.6) is 11.5 Å². The molecule has 0 fully saturated rings. The van der Waals surface area contributed by atoms with Gasteiger partial charge in [-0.25, -0.2) is 9.59 Å². The third-order valence-corrected chi connectivity index (χ3v) is 3.16. The van der Waals surface area contributed by atoms with Crippen LogP contribution in [0.1, 0.15) is 31.1 Å². The molecule has 0 aromatic heterocycles. The van der Waals surface area contributed by atoms with Crippen molar-refractivity contribution >= 4 is 29.6 Å². The number of imide groups is 1. The third kappa shape index (κ3) is 5.82. The average molecular weight is 374 g/mol.